The SMILES string of the molecule is CCCCCCCCN1CCN([S+]([O-])c2cccs2)[C@H](C(=O)Nc2ccc3c(c2)nc(-c2ccncc2)n3CC)C1. The summed E-state index contributed by atoms with van der Waals surface area (Å²) in [6.45, 7) is 8.05. The number of piperazine rings is 1. The molecule has 4 aromatic rings. The third-order valence-electron chi connectivity index (χ3n) is 7.70. The molecule has 1 saturated heterocycles. The molecule has 1 aliphatic rings. The Balaban J connectivity index is 1.32. The molecule has 41 heavy (non-hydrogen) atoms. The lowest BCUT2D eigenvalue weighted by atomic mass is 10.1. The van der Waals surface area contributed by atoms with Crippen LogP contribution >= 0.6 is 11.3 Å². The first kappa shape index (κ1) is 29.7. The monoisotopic (exact) mass is 592 g/mol. The van der Waals surface area contributed by atoms with Crippen LogP contribution in [-0.4, -0.2) is 66.4 Å². The minimum absolute atomic E-state index is 0.133. The lowest BCUT2D eigenvalue weighted by Crippen LogP contribution is -2.59. The highest BCUT2D eigenvalue weighted by Crippen LogP contribution is 2.28. The summed E-state index contributed by atoms with van der Waals surface area (Å²) in [6, 6.07) is 13.1. The summed E-state index contributed by atoms with van der Waals surface area (Å²) in [5.41, 5.74) is 3.53. The number of nitrogens with zero attached hydrogens (tertiary/aromatic N) is 5. The van der Waals surface area contributed by atoms with Crippen LogP contribution in [0.1, 0.15) is 52.4 Å². The van der Waals surface area contributed by atoms with E-state index in [9.17, 15) is 9.35 Å². The van der Waals surface area contributed by atoms with Crippen molar-refractivity contribution in [2.45, 2.75) is 69.2 Å². The Hall–Kier alpha value is -2.76. The van der Waals surface area contributed by atoms with E-state index in [1.807, 2.05) is 52.1 Å². The third-order valence-corrected chi connectivity index (χ3v) is 10.4. The maximum atomic E-state index is 13.8. The summed E-state index contributed by atoms with van der Waals surface area (Å²) in [5, 5.41) is 5.07. The normalized spacial score (nSPS) is 17.2. The molecule has 10 heteroatoms. The van der Waals surface area contributed by atoms with Crippen molar-refractivity contribution in [2.75, 3.05) is 31.5 Å². The van der Waals surface area contributed by atoms with Crippen LogP contribution in [0.25, 0.3) is 22.4 Å². The zero-order chi connectivity index (χ0) is 28.6. The number of imidazole rings is 1. The van der Waals surface area contributed by atoms with E-state index >= 15 is 0 Å². The second-order valence-corrected chi connectivity index (χ2v) is 13.1. The summed E-state index contributed by atoms with van der Waals surface area (Å²) in [4.78, 5) is 25.2. The maximum absolute atomic E-state index is 13.8. The zero-order valence-corrected chi connectivity index (χ0v) is 25.6. The van der Waals surface area contributed by atoms with Gasteiger partial charge in [0.1, 0.15) is 11.9 Å². The van der Waals surface area contributed by atoms with Crippen molar-refractivity contribution in [1.82, 2.24) is 23.7 Å². The van der Waals surface area contributed by atoms with Crippen molar-refractivity contribution < 1.29 is 9.35 Å². The smallest absolute Gasteiger partial charge is 0.247 e. The first-order valence-electron chi connectivity index (χ1n) is 14.7. The number of hydrogen-bond acceptors (Lipinski definition) is 7. The molecule has 218 valence electrons. The number of carbonyl (C=O) groups excluding carboxylic acids is 1. The second-order valence-electron chi connectivity index (χ2n) is 10.5. The van der Waals surface area contributed by atoms with Crippen LogP contribution in [0, 0.1) is 0 Å². The molecule has 8 nitrogen and oxygen atoms in total. The van der Waals surface area contributed by atoms with Crippen LogP contribution in [-0.2, 0) is 22.7 Å². The molecule has 0 bridgehead atoms. The van der Waals surface area contributed by atoms with Crippen molar-refractivity contribution in [2.24, 2.45) is 0 Å². The molecule has 5 rings (SSSR count). The Morgan fingerprint density at radius 2 is 1.88 bits per heavy atom. The minimum atomic E-state index is -1.37. The highest BCUT2D eigenvalue weighted by atomic mass is 32.2. The number of aryl methyl sites for hydroxylation is 1. The molecule has 4 heterocycles. The van der Waals surface area contributed by atoms with Crippen LogP contribution in [0.15, 0.2) is 64.4 Å². The molecule has 1 aliphatic heterocycles. The van der Waals surface area contributed by atoms with Gasteiger partial charge in [-0.05, 0) is 61.7 Å². The number of pyridine rings is 1. The summed E-state index contributed by atoms with van der Waals surface area (Å²) in [5.74, 6) is 0.745. The topological polar surface area (TPSA) is 89.3 Å². The Kier molecular flexibility index (Phi) is 10.5. The van der Waals surface area contributed by atoms with Gasteiger partial charge in [0.2, 0.25) is 10.1 Å². The molecule has 0 aliphatic carbocycles. The molecule has 1 N–H and O–H groups in total. The molecular weight excluding hydrogens is 553 g/mol. The lowest BCUT2D eigenvalue weighted by molar-refractivity contribution is -0.121. The third kappa shape index (κ3) is 7.18. The molecule has 2 atom stereocenters. The summed E-state index contributed by atoms with van der Waals surface area (Å²) < 4.78 is 18.3. The number of fused-ring (bicyclic) bond motifs is 1. The molecule has 0 radical (unpaired) electrons. The fourth-order valence-electron chi connectivity index (χ4n) is 5.51. The van der Waals surface area contributed by atoms with Gasteiger partial charge in [0, 0.05) is 49.3 Å². The molecule has 1 fully saturated rings. The highest BCUT2D eigenvalue weighted by molar-refractivity contribution is 7.91. The standard InChI is InChI=1S/C31H40N6O2S2/c1-3-5-6-7-8-9-18-35-19-20-37(41(39)29-11-10-21-40-29)28(23-35)31(38)33-25-12-13-27-26(22-25)34-30(36(27)4-2)24-14-16-32-17-15-24/h10-17,21-22,28H,3-9,18-20,23H2,1-2H3,(H,33,38)/t28-,41?/m0/s1. The second kappa shape index (κ2) is 14.4. The van der Waals surface area contributed by atoms with E-state index in [0.717, 1.165) is 52.7 Å². The van der Waals surface area contributed by atoms with Crippen LogP contribution in [0.4, 0.5) is 5.69 Å². The van der Waals surface area contributed by atoms with Crippen LogP contribution in [0.5, 0.6) is 0 Å². The van der Waals surface area contributed by atoms with Crippen molar-refractivity contribution in [3.05, 3.63) is 60.2 Å². The summed E-state index contributed by atoms with van der Waals surface area (Å²) in [7, 11) is 0. The van der Waals surface area contributed by atoms with Gasteiger partial charge in [-0.25, -0.2) is 4.98 Å². The first-order chi connectivity index (χ1) is 20.1. The fraction of sp³-hybridized carbons (Fsp3) is 0.452. The molecule has 1 aromatic carbocycles. The number of unbranched alkanes of at least 4 members (excludes halogenated alkanes) is 5. The van der Waals surface area contributed by atoms with E-state index in [1.165, 1.54) is 43.4 Å². The average molecular weight is 593 g/mol. The van der Waals surface area contributed by atoms with E-state index in [0.29, 0.717) is 18.8 Å². The van der Waals surface area contributed by atoms with Crippen LogP contribution in [0.2, 0.25) is 0 Å². The molecule has 0 saturated carbocycles. The number of rotatable bonds is 13. The summed E-state index contributed by atoms with van der Waals surface area (Å²) >= 11 is 0.0957. The van der Waals surface area contributed by atoms with Gasteiger partial charge in [0.25, 0.3) is 0 Å². The largest absolute Gasteiger partial charge is 0.592 e. The molecule has 1 amide bonds. The minimum Gasteiger partial charge on any atom is -0.592 e. The van der Waals surface area contributed by atoms with Crippen molar-refractivity contribution in [1.29, 1.82) is 0 Å². The molecule has 0 spiro atoms. The van der Waals surface area contributed by atoms with Gasteiger partial charge in [-0.3, -0.25) is 14.7 Å². The Bertz CT molecular complexity index is 1390. The molecule has 3 aromatic heterocycles. The Labute approximate surface area is 250 Å². The van der Waals surface area contributed by atoms with E-state index < -0.39 is 17.4 Å². The van der Waals surface area contributed by atoms with E-state index in [1.54, 1.807) is 12.4 Å². The fourth-order valence-corrected chi connectivity index (χ4v) is 7.81. The van der Waals surface area contributed by atoms with E-state index in [2.05, 4.69) is 33.6 Å². The first-order valence-corrected chi connectivity index (χ1v) is 16.7. The predicted octanol–water partition coefficient (Wildman–Crippen LogP) is 6.19. The quantitative estimate of drug-likeness (QED) is 0.147. The van der Waals surface area contributed by atoms with Gasteiger partial charge in [0.15, 0.2) is 0 Å². The Morgan fingerprint density at radius 3 is 2.63 bits per heavy atom. The number of anilines is 1. The lowest BCUT2D eigenvalue weighted by Gasteiger charge is -2.39. The van der Waals surface area contributed by atoms with Gasteiger partial charge < -0.3 is 14.4 Å². The van der Waals surface area contributed by atoms with Gasteiger partial charge in [0.05, 0.1) is 28.9 Å². The number of carbonyl (C=O) groups is 1. The maximum Gasteiger partial charge on any atom is 0.247 e. The van der Waals surface area contributed by atoms with Crippen molar-refractivity contribution in [3.63, 3.8) is 0 Å². The number of hydrogen-bond donors (Lipinski definition) is 1. The predicted molar refractivity (Wildman–Crippen MR) is 168 cm³/mol. The number of amides is 1. The van der Waals surface area contributed by atoms with Crippen LogP contribution < -0.4 is 5.32 Å². The van der Waals surface area contributed by atoms with Gasteiger partial charge in [-0.2, -0.15) is 0 Å². The molecule has 1 unspecified atom stereocenters. The number of nitrogens with one attached hydrogen (secondary N) is 1. The number of benzene rings is 1. The van der Waals surface area contributed by atoms with Gasteiger partial charge in [-0.15, -0.1) is 4.31 Å². The average Bonchev–Trinajstić information content (AvgIpc) is 3.67. The highest BCUT2D eigenvalue weighted by Gasteiger charge is 2.40. The number of thiophene rings is 1. The van der Waals surface area contributed by atoms with Gasteiger partial charge >= 0.3 is 0 Å². The zero-order valence-electron chi connectivity index (χ0n) is 24.0. The Morgan fingerprint density at radius 1 is 1.07 bits per heavy atom. The number of aromatic nitrogens is 3. The van der Waals surface area contributed by atoms with Gasteiger partial charge in [-0.1, -0.05) is 50.4 Å². The van der Waals surface area contributed by atoms with Crippen molar-refractivity contribution >= 4 is 45.3 Å². The van der Waals surface area contributed by atoms with E-state index in [4.69, 9.17) is 4.98 Å². The summed E-state index contributed by atoms with van der Waals surface area (Å²) in [6.07, 6.45) is 11.0. The molecular formula is C31H40N6O2S2. The van der Waals surface area contributed by atoms with E-state index in [-0.39, 0.29) is 5.91 Å². The van der Waals surface area contributed by atoms with Crippen LogP contribution in [0.3, 0.4) is 0 Å². The van der Waals surface area contributed by atoms with Crippen molar-refractivity contribution in [3.8, 4) is 11.4 Å².